The number of aromatic nitrogens is 3. The number of ether oxygens (including phenoxy) is 2. The molecule has 2 heterocycles. The molecule has 27 heavy (non-hydrogen) atoms. The fourth-order valence-corrected chi connectivity index (χ4v) is 3.54. The third-order valence-corrected chi connectivity index (χ3v) is 4.99. The van der Waals surface area contributed by atoms with Crippen LogP contribution in [0.1, 0.15) is 11.4 Å². The summed E-state index contributed by atoms with van der Waals surface area (Å²) >= 11 is 3.51. The number of benzene rings is 2. The van der Waals surface area contributed by atoms with Crippen molar-refractivity contribution in [2.75, 3.05) is 14.2 Å². The summed E-state index contributed by atoms with van der Waals surface area (Å²) in [5.74, 6) is 1.59. The molecule has 0 amide bonds. The molecule has 0 unspecified atom stereocenters. The topological polar surface area (TPSA) is 77.1 Å². The van der Waals surface area contributed by atoms with Crippen molar-refractivity contribution >= 4 is 37.7 Å². The van der Waals surface area contributed by atoms with Crippen LogP contribution in [0.3, 0.4) is 0 Å². The Bertz CT molecular complexity index is 1220. The largest absolute Gasteiger partial charge is 0.493 e. The molecule has 7 heteroatoms. The first-order valence-corrected chi connectivity index (χ1v) is 9.06. The fourth-order valence-electron chi connectivity index (χ4n) is 3.06. The molecule has 0 fully saturated rings. The molecule has 136 valence electrons. The van der Waals surface area contributed by atoms with E-state index in [1.807, 2.05) is 24.3 Å². The Labute approximate surface area is 163 Å². The number of nitrogens with one attached hydrogen (secondary N) is 1. The van der Waals surface area contributed by atoms with Crippen LogP contribution in [0.2, 0.25) is 0 Å². The first-order chi connectivity index (χ1) is 13.1. The Morgan fingerprint density at radius 1 is 1.11 bits per heavy atom. The van der Waals surface area contributed by atoms with Gasteiger partial charge in [0.05, 0.1) is 30.6 Å². The average Bonchev–Trinajstić information content (AvgIpc) is 2.67. The van der Waals surface area contributed by atoms with E-state index >= 15 is 0 Å². The Balaban J connectivity index is 1.77. The van der Waals surface area contributed by atoms with Crippen molar-refractivity contribution in [2.45, 2.75) is 6.42 Å². The van der Waals surface area contributed by atoms with Gasteiger partial charge in [0.25, 0.3) is 5.56 Å². The number of hydrogen-bond donors (Lipinski definition) is 1. The third kappa shape index (κ3) is 3.26. The van der Waals surface area contributed by atoms with Gasteiger partial charge in [-0.1, -0.05) is 12.1 Å². The SMILES string of the molecule is COc1cc2nc(Cc3cnc4c(Br)cccc4c3)[nH]c(=O)c2cc1OC. The van der Waals surface area contributed by atoms with Gasteiger partial charge in [0, 0.05) is 28.5 Å². The van der Waals surface area contributed by atoms with Crippen LogP contribution in [-0.4, -0.2) is 29.2 Å². The molecule has 2 aromatic heterocycles. The molecular formula is C20H16BrN3O3. The number of hydrogen-bond acceptors (Lipinski definition) is 5. The van der Waals surface area contributed by atoms with E-state index in [1.165, 1.54) is 7.11 Å². The van der Waals surface area contributed by atoms with Crippen molar-refractivity contribution in [3.05, 3.63) is 68.8 Å². The first kappa shape index (κ1) is 17.5. The van der Waals surface area contributed by atoms with Crippen molar-refractivity contribution in [1.29, 1.82) is 0 Å². The maximum Gasteiger partial charge on any atom is 0.258 e. The summed E-state index contributed by atoms with van der Waals surface area (Å²) < 4.78 is 11.5. The van der Waals surface area contributed by atoms with Crippen molar-refractivity contribution in [2.24, 2.45) is 0 Å². The second-order valence-electron chi connectivity index (χ2n) is 6.07. The van der Waals surface area contributed by atoms with Gasteiger partial charge in [0.1, 0.15) is 5.82 Å². The Kier molecular flexibility index (Phi) is 4.53. The number of para-hydroxylation sites is 1. The summed E-state index contributed by atoms with van der Waals surface area (Å²) in [6.07, 6.45) is 2.26. The number of fused-ring (bicyclic) bond motifs is 2. The van der Waals surface area contributed by atoms with E-state index in [2.05, 4.69) is 30.9 Å². The molecule has 0 atom stereocenters. The van der Waals surface area contributed by atoms with Crippen molar-refractivity contribution in [3.8, 4) is 11.5 Å². The molecule has 4 aromatic rings. The lowest BCUT2D eigenvalue weighted by Gasteiger charge is -2.09. The number of H-pyrrole nitrogens is 1. The van der Waals surface area contributed by atoms with Gasteiger partial charge in [-0.3, -0.25) is 9.78 Å². The van der Waals surface area contributed by atoms with Gasteiger partial charge in [0.15, 0.2) is 11.5 Å². The molecule has 0 saturated heterocycles. The second kappa shape index (κ2) is 7.00. The van der Waals surface area contributed by atoms with Gasteiger partial charge in [-0.25, -0.2) is 4.98 Å². The molecule has 1 N–H and O–H groups in total. The lowest BCUT2D eigenvalue weighted by molar-refractivity contribution is 0.355. The van der Waals surface area contributed by atoms with Crippen LogP contribution in [0.15, 0.2) is 51.9 Å². The van der Waals surface area contributed by atoms with Gasteiger partial charge < -0.3 is 14.5 Å². The first-order valence-electron chi connectivity index (χ1n) is 8.27. The van der Waals surface area contributed by atoms with E-state index in [1.54, 1.807) is 25.4 Å². The molecule has 2 aromatic carbocycles. The van der Waals surface area contributed by atoms with E-state index in [0.717, 1.165) is 20.9 Å². The minimum atomic E-state index is -0.215. The normalized spacial score (nSPS) is 11.1. The highest BCUT2D eigenvalue weighted by atomic mass is 79.9. The van der Waals surface area contributed by atoms with E-state index in [4.69, 9.17) is 9.47 Å². The zero-order valence-electron chi connectivity index (χ0n) is 14.7. The lowest BCUT2D eigenvalue weighted by Crippen LogP contribution is -2.12. The van der Waals surface area contributed by atoms with Crippen molar-refractivity contribution < 1.29 is 9.47 Å². The molecule has 0 bridgehead atoms. The molecule has 0 radical (unpaired) electrons. The predicted molar refractivity (Wildman–Crippen MR) is 108 cm³/mol. The number of nitrogens with zero attached hydrogens (tertiary/aromatic N) is 2. The maximum absolute atomic E-state index is 12.5. The molecule has 0 saturated carbocycles. The van der Waals surface area contributed by atoms with Gasteiger partial charge in [0.2, 0.25) is 0 Å². The Morgan fingerprint density at radius 2 is 1.89 bits per heavy atom. The van der Waals surface area contributed by atoms with Crippen LogP contribution in [0.4, 0.5) is 0 Å². The predicted octanol–water partition coefficient (Wildman–Crippen LogP) is 3.84. The Hall–Kier alpha value is -2.93. The number of methoxy groups -OCH3 is 2. The van der Waals surface area contributed by atoms with Crippen LogP contribution in [-0.2, 0) is 6.42 Å². The Morgan fingerprint density at radius 3 is 2.67 bits per heavy atom. The number of rotatable bonds is 4. The van der Waals surface area contributed by atoms with E-state index in [0.29, 0.717) is 34.6 Å². The highest BCUT2D eigenvalue weighted by Gasteiger charge is 2.12. The molecular weight excluding hydrogens is 410 g/mol. The summed E-state index contributed by atoms with van der Waals surface area (Å²) in [6.45, 7) is 0. The molecule has 0 aliphatic rings. The zero-order valence-corrected chi connectivity index (χ0v) is 16.3. The maximum atomic E-state index is 12.5. The van der Waals surface area contributed by atoms with E-state index in [-0.39, 0.29) is 5.56 Å². The number of aromatic amines is 1. The number of halogens is 1. The summed E-state index contributed by atoms with van der Waals surface area (Å²) in [6, 6.07) is 11.3. The summed E-state index contributed by atoms with van der Waals surface area (Å²) in [4.78, 5) is 24.4. The standard InChI is InChI=1S/C20H16BrN3O3/c1-26-16-8-13-15(9-17(16)27-2)23-18(24-20(13)25)7-11-6-12-4-3-5-14(21)19(12)22-10-11/h3-6,8-10H,7H2,1-2H3,(H,23,24,25). The van der Waals surface area contributed by atoms with Crippen LogP contribution in [0, 0.1) is 0 Å². The van der Waals surface area contributed by atoms with Crippen molar-refractivity contribution in [1.82, 2.24) is 15.0 Å². The van der Waals surface area contributed by atoms with Gasteiger partial charge in [-0.2, -0.15) is 0 Å². The second-order valence-corrected chi connectivity index (χ2v) is 6.92. The smallest absolute Gasteiger partial charge is 0.258 e. The van der Waals surface area contributed by atoms with Gasteiger partial charge in [-0.15, -0.1) is 0 Å². The molecule has 6 nitrogen and oxygen atoms in total. The monoisotopic (exact) mass is 425 g/mol. The highest BCUT2D eigenvalue weighted by molar-refractivity contribution is 9.10. The molecule has 0 aliphatic heterocycles. The van der Waals surface area contributed by atoms with Gasteiger partial charge in [-0.05, 0) is 39.7 Å². The zero-order chi connectivity index (χ0) is 19.0. The van der Waals surface area contributed by atoms with Crippen LogP contribution < -0.4 is 15.0 Å². The van der Waals surface area contributed by atoms with E-state index in [9.17, 15) is 4.79 Å². The fraction of sp³-hybridized carbons (Fsp3) is 0.150. The minimum absolute atomic E-state index is 0.215. The average molecular weight is 426 g/mol. The quantitative estimate of drug-likeness (QED) is 0.537. The summed E-state index contributed by atoms with van der Waals surface area (Å²) in [7, 11) is 3.08. The molecule has 0 aliphatic carbocycles. The summed E-state index contributed by atoms with van der Waals surface area (Å²) in [5, 5.41) is 1.48. The summed E-state index contributed by atoms with van der Waals surface area (Å²) in [5.41, 5.74) is 2.21. The third-order valence-electron chi connectivity index (χ3n) is 4.35. The van der Waals surface area contributed by atoms with Crippen LogP contribution >= 0.6 is 15.9 Å². The van der Waals surface area contributed by atoms with E-state index < -0.39 is 0 Å². The van der Waals surface area contributed by atoms with Crippen LogP contribution in [0.25, 0.3) is 21.8 Å². The van der Waals surface area contributed by atoms with Gasteiger partial charge >= 0.3 is 0 Å². The molecule has 0 spiro atoms. The minimum Gasteiger partial charge on any atom is -0.493 e. The highest BCUT2D eigenvalue weighted by Crippen LogP contribution is 2.30. The lowest BCUT2D eigenvalue weighted by atomic mass is 10.1. The van der Waals surface area contributed by atoms with Crippen LogP contribution in [0.5, 0.6) is 11.5 Å². The molecule has 4 rings (SSSR count). The number of pyridine rings is 1. The van der Waals surface area contributed by atoms with Crippen molar-refractivity contribution in [3.63, 3.8) is 0 Å².